The molecule has 108 valence electrons. The summed E-state index contributed by atoms with van der Waals surface area (Å²) in [4.78, 5) is 0.919. The van der Waals surface area contributed by atoms with Crippen LogP contribution in [-0.4, -0.2) is 7.05 Å². The fourth-order valence-electron chi connectivity index (χ4n) is 2.91. The molecule has 1 N–H and O–H groups in total. The quantitative estimate of drug-likeness (QED) is 0.472. The van der Waals surface area contributed by atoms with Gasteiger partial charge in [-0.25, -0.2) is 0 Å². The molecule has 0 aliphatic heterocycles. The highest BCUT2D eigenvalue weighted by atomic mass is 32.1. The van der Waals surface area contributed by atoms with Crippen LogP contribution in [0, 0.1) is 0 Å². The summed E-state index contributed by atoms with van der Waals surface area (Å²) in [5.41, 5.74) is 4.99. The molecule has 0 radical (unpaired) electrons. The third-order valence-electron chi connectivity index (χ3n) is 3.97. The lowest BCUT2D eigenvalue weighted by atomic mass is 10.0. The predicted octanol–water partition coefficient (Wildman–Crippen LogP) is 5.58. The molecule has 0 saturated carbocycles. The first-order valence-corrected chi connectivity index (χ1v) is 7.64. The first-order valence-electron chi connectivity index (χ1n) is 7.20. The zero-order chi connectivity index (χ0) is 15.1. The molecule has 22 heavy (non-hydrogen) atoms. The highest BCUT2D eigenvalue weighted by molar-refractivity contribution is 7.80. The third-order valence-corrected chi connectivity index (χ3v) is 4.44. The van der Waals surface area contributed by atoms with Gasteiger partial charge < -0.3 is 9.73 Å². The topological polar surface area (TPSA) is 25.2 Å². The maximum absolute atomic E-state index is 6.14. The van der Waals surface area contributed by atoms with Crippen molar-refractivity contribution in [2.75, 3.05) is 12.4 Å². The molecule has 0 spiro atoms. The van der Waals surface area contributed by atoms with E-state index in [0.717, 1.165) is 43.6 Å². The van der Waals surface area contributed by atoms with E-state index in [1.165, 1.54) is 0 Å². The summed E-state index contributed by atoms with van der Waals surface area (Å²) in [6.45, 7) is 0. The Morgan fingerprint density at radius 2 is 1.68 bits per heavy atom. The Bertz CT molecular complexity index is 973. The van der Waals surface area contributed by atoms with Crippen LogP contribution in [-0.2, 0) is 0 Å². The summed E-state index contributed by atoms with van der Waals surface area (Å²) >= 11 is 4.72. The van der Waals surface area contributed by atoms with Crippen LogP contribution in [0.25, 0.3) is 33.1 Å². The second-order valence-corrected chi connectivity index (χ2v) is 5.69. The number of fused-ring (bicyclic) bond motifs is 3. The first kappa shape index (κ1) is 13.3. The minimum atomic E-state index is 0.886. The Labute approximate surface area is 134 Å². The number of furan rings is 1. The van der Waals surface area contributed by atoms with Crippen molar-refractivity contribution in [3.8, 4) is 11.1 Å². The van der Waals surface area contributed by atoms with E-state index in [1.807, 2.05) is 43.4 Å². The van der Waals surface area contributed by atoms with Gasteiger partial charge in [-0.15, -0.1) is 12.6 Å². The average molecular weight is 305 g/mol. The molecule has 1 aromatic heterocycles. The average Bonchev–Trinajstić information content (AvgIpc) is 2.96. The van der Waals surface area contributed by atoms with Crippen molar-refractivity contribution < 1.29 is 4.42 Å². The van der Waals surface area contributed by atoms with Crippen LogP contribution in [0.2, 0.25) is 0 Å². The molecule has 0 bridgehead atoms. The lowest BCUT2D eigenvalue weighted by Crippen LogP contribution is -1.91. The Kier molecular flexibility index (Phi) is 3.09. The summed E-state index contributed by atoms with van der Waals surface area (Å²) < 4.78 is 6.14. The van der Waals surface area contributed by atoms with Gasteiger partial charge >= 0.3 is 0 Å². The van der Waals surface area contributed by atoms with Gasteiger partial charge in [0.05, 0.1) is 0 Å². The number of rotatable bonds is 2. The predicted molar refractivity (Wildman–Crippen MR) is 96.0 cm³/mol. The van der Waals surface area contributed by atoms with E-state index < -0.39 is 0 Å². The molecule has 0 amide bonds. The Morgan fingerprint density at radius 1 is 0.955 bits per heavy atom. The molecule has 0 aliphatic carbocycles. The summed E-state index contributed by atoms with van der Waals surface area (Å²) in [5, 5.41) is 5.39. The number of benzene rings is 3. The molecule has 0 atom stereocenters. The Hall–Kier alpha value is -2.39. The van der Waals surface area contributed by atoms with Gasteiger partial charge in [0.15, 0.2) is 0 Å². The van der Waals surface area contributed by atoms with Crippen molar-refractivity contribution in [3.05, 3.63) is 60.7 Å². The molecular weight excluding hydrogens is 290 g/mol. The molecule has 3 aromatic carbocycles. The van der Waals surface area contributed by atoms with E-state index >= 15 is 0 Å². The number of thiol groups is 1. The van der Waals surface area contributed by atoms with Gasteiger partial charge in [-0.2, -0.15) is 0 Å². The van der Waals surface area contributed by atoms with Gasteiger partial charge in [-0.3, -0.25) is 0 Å². The van der Waals surface area contributed by atoms with Crippen molar-refractivity contribution in [2.24, 2.45) is 0 Å². The molecule has 4 rings (SSSR count). The fraction of sp³-hybridized carbons (Fsp3) is 0.0526. The van der Waals surface area contributed by atoms with Gasteiger partial charge in [0.2, 0.25) is 0 Å². The highest BCUT2D eigenvalue weighted by Gasteiger charge is 2.17. The van der Waals surface area contributed by atoms with E-state index in [9.17, 15) is 0 Å². The van der Waals surface area contributed by atoms with E-state index in [-0.39, 0.29) is 0 Å². The number of anilines is 1. The summed E-state index contributed by atoms with van der Waals surface area (Å²) in [6.07, 6.45) is 0. The molecule has 1 heterocycles. The minimum Gasteiger partial charge on any atom is -0.455 e. The van der Waals surface area contributed by atoms with Crippen molar-refractivity contribution in [2.45, 2.75) is 4.90 Å². The van der Waals surface area contributed by atoms with Crippen LogP contribution in [0.4, 0.5) is 5.69 Å². The van der Waals surface area contributed by atoms with E-state index in [1.54, 1.807) is 0 Å². The summed E-state index contributed by atoms with van der Waals surface area (Å²) in [7, 11) is 1.91. The lowest BCUT2D eigenvalue weighted by Gasteiger charge is -2.10. The molecule has 4 aromatic rings. The van der Waals surface area contributed by atoms with Crippen molar-refractivity contribution >= 4 is 40.3 Å². The molecule has 0 unspecified atom stereocenters. The smallest absolute Gasteiger partial charge is 0.144 e. The van der Waals surface area contributed by atoms with Gasteiger partial charge in [0.1, 0.15) is 11.2 Å². The zero-order valence-corrected chi connectivity index (χ0v) is 13.0. The van der Waals surface area contributed by atoms with Gasteiger partial charge in [0.25, 0.3) is 0 Å². The van der Waals surface area contributed by atoms with Crippen LogP contribution < -0.4 is 5.32 Å². The van der Waals surface area contributed by atoms with Crippen molar-refractivity contribution in [1.82, 2.24) is 0 Å². The summed E-state index contributed by atoms with van der Waals surface area (Å²) in [5.74, 6) is 0. The van der Waals surface area contributed by atoms with Gasteiger partial charge in [0, 0.05) is 34.0 Å². The maximum Gasteiger partial charge on any atom is 0.144 e. The third kappa shape index (κ3) is 1.90. The first-order chi connectivity index (χ1) is 10.8. The minimum absolute atomic E-state index is 0.886. The fourth-order valence-corrected chi connectivity index (χ4v) is 3.30. The molecule has 0 saturated heterocycles. The number of hydrogen-bond acceptors (Lipinski definition) is 3. The number of hydrogen-bond donors (Lipinski definition) is 2. The highest BCUT2D eigenvalue weighted by Crippen LogP contribution is 2.42. The standard InChI is InChI=1S/C19H15NOS/c1-20-15-11-14(12-7-3-2-4-8-12)18-17(19(15)22)13-9-5-6-10-16(13)21-18/h2-11,20,22H,1H3. The summed E-state index contributed by atoms with van der Waals surface area (Å²) in [6, 6.07) is 20.5. The van der Waals surface area contributed by atoms with Crippen molar-refractivity contribution in [3.63, 3.8) is 0 Å². The molecule has 0 fully saturated rings. The lowest BCUT2D eigenvalue weighted by molar-refractivity contribution is 0.669. The molecule has 0 aliphatic rings. The van der Waals surface area contributed by atoms with Gasteiger partial charge in [-0.1, -0.05) is 48.5 Å². The zero-order valence-electron chi connectivity index (χ0n) is 12.1. The van der Waals surface area contributed by atoms with E-state index in [0.29, 0.717) is 0 Å². The Morgan fingerprint density at radius 3 is 2.45 bits per heavy atom. The van der Waals surface area contributed by atoms with Crippen LogP contribution in [0.15, 0.2) is 70.0 Å². The van der Waals surface area contributed by atoms with Crippen molar-refractivity contribution in [1.29, 1.82) is 0 Å². The second kappa shape index (κ2) is 5.11. The van der Waals surface area contributed by atoms with Crippen LogP contribution in [0.5, 0.6) is 0 Å². The number of para-hydroxylation sites is 1. The molecular formula is C19H15NOS. The normalized spacial score (nSPS) is 11.2. The largest absolute Gasteiger partial charge is 0.455 e. The van der Waals surface area contributed by atoms with Gasteiger partial charge in [-0.05, 0) is 17.7 Å². The molecule has 2 nitrogen and oxygen atoms in total. The van der Waals surface area contributed by atoms with E-state index in [4.69, 9.17) is 17.0 Å². The Balaban J connectivity index is 2.19. The second-order valence-electron chi connectivity index (χ2n) is 5.24. The van der Waals surface area contributed by atoms with Crippen LogP contribution >= 0.6 is 12.6 Å². The van der Waals surface area contributed by atoms with E-state index in [2.05, 4.69) is 29.6 Å². The monoisotopic (exact) mass is 305 g/mol. The maximum atomic E-state index is 6.14. The van der Waals surface area contributed by atoms with Crippen LogP contribution in [0.1, 0.15) is 0 Å². The molecule has 3 heteroatoms. The SMILES string of the molecule is CNc1cc(-c2ccccc2)c2oc3ccccc3c2c1S. The number of nitrogens with one attached hydrogen (secondary N) is 1. The van der Waals surface area contributed by atoms with Crippen LogP contribution in [0.3, 0.4) is 0 Å².